The van der Waals surface area contributed by atoms with Gasteiger partial charge in [0.15, 0.2) is 5.78 Å². The third kappa shape index (κ3) is 4.42. The minimum atomic E-state index is 0.0302. The number of benzene rings is 2. The normalized spacial score (nSPS) is 15.9. The molecule has 0 radical (unpaired) electrons. The summed E-state index contributed by atoms with van der Waals surface area (Å²) in [5.74, 6) is 0.757. The first-order valence-corrected chi connectivity index (χ1v) is 9.09. The second kappa shape index (κ2) is 7.74. The van der Waals surface area contributed by atoms with Gasteiger partial charge in [-0.05, 0) is 48.1 Å². The van der Waals surface area contributed by atoms with Crippen molar-refractivity contribution in [1.29, 1.82) is 0 Å². The summed E-state index contributed by atoms with van der Waals surface area (Å²) in [7, 11) is 0. The molecule has 0 N–H and O–H groups in total. The topological polar surface area (TPSA) is 17.1 Å². The summed E-state index contributed by atoms with van der Waals surface area (Å²) in [6.45, 7) is 0. The van der Waals surface area contributed by atoms with Crippen molar-refractivity contribution in [3.63, 3.8) is 0 Å². The number of hydrogen-bond acceptors (Lipinski definition) is 1. The Morgan fingerprint density at radius 2 is 1.74 bits per heavy atom. The summed E-state index contributed by atoms with van der Waals surface area (Å²) < 4.78 is 0.925. The van der Waals surface area contributed by atoms with Crippen molar-refractivity contribution in [2.75, 3.05) is 0 Å². The van der Waals surface area contributed by atoms with Crippen molar-refractivity contribution < 1.29 is 4.79 Å². The summed E-state index contributed by atoms with van der Waals surface area (Å²) in [6, 6.07) is 16.2. The van der Waals surface area contributed by atoms with Crippen LogP contribution in [-0.4, -0.2) is 5.78 Å². The molecule has 3 rings (SSSR count). The van der Waals surface area contributed by atoms with Gasteiger partial charge in [-0.1, -0.05) is 77.7 Å². The second-order valence-corrected chi connectivity index (χ2v) is 7.13. The van der Waals surface area contributed by atoms with Crippen LogP contribution in [0.1, 0.15) is 59.5 Å². The van der Waals surface area contributed by atoms with Gasteiger partial charge in [0.05, 0.1) is 0 Å². The maximum Gasteiger partial charge on any atom is 0.185 e. The zero-order valence-electron chi connectivity index (χ0n) is 13.2. The van der Waals surface area contributed by atoms with Gasteiger partial charge in [-0.3, -0.25) is 4.79 Å². The lowest BCUT2D eigenvalue weighted by Crippen LogP contribution is -2.04. The molecular formula is C21H21BrO. The highest BCUT2D eigenvalue weighted by molar-refractivity contribution is 9.10. The third-order valence-electron chi connectivity index (χ3n) is 4.55. The van der Waals surface area contributed by atoms with Crippen molar-refractivity contribution in [2.45, 2.75) is 38.0 Å². The van der Waals surface area contributed by atoms with E-state index in [1.165, 1.54) is 37.7 Å². The van der Waals surface area contributed by atoms with E-state index in [2.05, 4.69) is 40.2 Å². The van der Waals surface area contributed by atoms with Gasteiger partial charge >= 0.3 is 0 Å². The lowest BCUT2D eigenvalue weighted by Gasteiger charge is -2.21. The molecule has 0 bridgehead atoms. The molecule has 0 aliphatic heterocycles. The molecule has 0 amide bonds. The highest BCUT2D eigenvalue weighted by Gasteiger charge is 2.14. The van der Waals surface area contributed by atoms with Gasteiger partial charge in [0.2, 0.25) is 0 Å². The number of hydrogen-bond donors (Lipinski definition) is 0. The molecule has 23 heavy (non-hydrogen) atoms. The van der Waals surface area contributed by atoms with Crippen molar-refractivity contribution in [2.24, 2.45) is 0 Å². The standard InChI is InChI=1S/C21H21BrO/c22-20-8-4-7-19(15-20)21(23)14-11-16-9-12-18(13-10-16)17-5-2-1-3-6-17/h4,7-15,17H,1-3,5-6H2. The van der Waals surface area contributed by atoms with Crippen molar-refractivity contribution in [3.8, 4) is 0 Å². The number of carbonyl (C=O) groups is 1. The molecule has 0 atom stereocenters. The summed E-state index contributed by atoms with van der Waals surface area (Å²) >= 11 is 3.40. The van der Waals surface area contributed by atoms with E-state index in [-0.39, 0.29) is 5.78 Å². The minimum absolute atomic E-state index is 0.0302. The van der Waals surface area contributed by atoms with Crippen LogP contribution in [0.3, 0.4) is 0 Å². The predicted octanol–water partition coefficient (Wildman–Crippen LogP) is 6.39. The van der Waals surface area contributed by atoms with Gasteiger partial charge in [-0.25, -0.2) is 0 Å². The molecule has 118 valence electrons. The van der Waals surface area contributed by atoms with Crippen molar-refractivity contribution in [1.82, 2.24) is 0 Å². The Morgan fingerprint density at radius 1 is 1.00 bits per heavy atom. The predicted molar refractivity (Wildman–Crippen MR) is 99.8 cm³/mol. The van der Waals surface area contributed by atoms with Crippen LogP contribution in [0.15, 0.2) is 59.1 Å². The molecule has 2 aromatic rings. The van der Waals surface area contributed by atoms with Crippen LogP contribution in [0.25, 0.3) is 6.08 Å². The molecule has 2 heteroatoms. The molecule has 1 nitrogen and oxygen atoms in total. The lowest BCUT2D eigenvalue weighted by atomic mass is 9.84. The summed E-state index contributed by atoms with van der Waals surface area (Å²) in [5, 5.41) is 0. The third-order valence-corrected chi connectivity index (χ3v) is 5.04. The van der Waals surface area contributed by atoms with Crippen molar-refractivity contribution in [3.05, 3.63) is 75.8 Å². The second-order valence-electron chi connectivity index (χ2n) is 6.21. The SMILES string of the molecule is O=C(C=Cc1ccc(C2CCCCC2)cc1)c1cccc(Br)c1. The molecule has 1 fully saturated rings. The Labute approximate surface area is 146 Å². The van der Waals surface area contributed by atoms with Crippen LogP contribution in [0, 0.1) is 0 Å². The Balaban J connectivity index is 1.66. The van der Waals surface area contributed by atoms with E-state index in [0.717, 1.165) is 16.0 Å². The first-order chi connectivity index (χ1) is 11.2. The van der Waals surface area contributed by atoms with E-state index in [1.54, 1.807) is 6.08 Å². The molecule has 0 spiro atoms. The van der Waals surface area contributed by atoms with Gasteiger partial charge in [0.1, 0.15) is 0 Å². The summed E-state index contributed by atoms with van der Waals surface area (Å²) in [6.07, 6.45) is 10.3. The van der Waals surface area contributed by atoms with E-state index in [0.29, 0.717) is 5.56 Å². The quantitative estimate of drug-likeness (QED) is 0.451. The molecule has 0 unspecified atom stereocenters. The minimum Gasteiger partial charge on any atom is -0.289 e. The lowest BCUT2D eigenvalue weighted by molar-refractivity contribution is 0.104. The largest absolute Gasteiger partial charge is 0.289 e. The van der Waals surface area contributed by atoms with Crippen LogP contribution in [0.4, 0.5) is 0 Å². The fourth-order valence-corrected chi connectivity index (χ4v) is 3.62. The van der Waals surface area contributed by atoms with Crippen LogP contribution in [-0.2, 0) is 0 Å². The molecule has 0 aromatic heterocycles. The molecule has 2 aromatic carbocycles. The average Bonchev–Trinajstić information content (AvgIpc) is 2.61. The first-order valence-electron chi connectivity index (χ1n) is 8.30. The zero-order valence-corrected chi connectivity index (χ0v) is 14.8. The Bertz CT molecular complexity index is 694. The van der Waals surface area contributed by atoms with E-state index in [9.17, 15) is 4.79 Å². The Hall–Kier alpha value is -1.67. The van der Waals surface area contributed by atoms with Gasteiger partial charge in [0, 0.05) is 10.0 Å². The monoisotopic (exact) mass is 368 g/mol. The fraction of sp³-hybridized carbons (Fsp3) is 0.286. The smallest absolute Gasteiger partial charge is 0.185 e. The molecular weight excluding hydrogens is 348 g/mol. The first kappa shape index (κ1) is 16.2. The van der Waals surface area contributed by atoms with E-state index in [4.69, 9.17) is 0 Å². The van der Waals surface area contributed by atoms with Crippen LogP contribution in [0.5, 0.6) is 0 Å². The molecule has 0 heterocycles. The highest BCUT2D eigenvalue weighted by Crippen LogP contribution is 2.32. The highest BCUT2D eigenvalue weighted by atomic mass is 79.9. The summed E-state index contributed by atoms with van der Waals surface area (Å²) in [4.78, 5) is 12.2. The van der Waals surface area contributed by atoms with Crippen LogP contribution >= 0.6 is 15.9 Å². The number of rotatable bonds is 4. The number of ketones is 1. The average molecular weight is 369 g/mol. The Kier molecular flexibility index (Phi) is 5.45. The molecule has 1 aliphatic rings. The van der Waals surface area contributed by atoms with Crippen LogP contribution in [0.2, 0.25) is 0 Å². The van der Waals surface area contributed by atoms with Crippen LogP contribution < -0.4 is 0 Å². The van der Waals surface area contributed by atoms with E-state index < -0.39 is 0 Å². The summed E-state index contributed by atoms with van der Waals surface area (Å²) in [5.41, 5.74) is 3.22. The van der Waals surface area contributed by atoms with E-state index in [1.807, 2.05) is 30.3 Å². The maximum atomic E-state index is 12.2. The molecule has 1 aliphatic carbocycles. The number of carbonyl (C=O) groups excluding carboxylic acids is 1. The fourth-order valence-electron chi connectivity index (χ4n) is 3.23. The van der Waals surface area contributed by atoms with Gasteiger partial charge in [-0.15, -0.1) is 0 Å². The van der Waals surface area contributed by atoms with Gasteiger partial charge < -0.3 is 0 Å². The number of halogens is 1. The maximum absolute atomic E-state index is 12.2. The van der Waals surface area contributed by atoms with E-state index >= 15 is 0 Å². The van der Waals surface area contributed by atoms with Gasteiger partial charge in [-0.2, -0.15) is 0 Å². The molecule has 1 saturated carbocycles. The van der Waals surface area contributed by atoms with Crippen molar-refractivity contribution >= 4 is 27.8 Å². The van der Waals surface area contributed by atoms with Gasteiger partial charge in [0.25, 0.3) is 0 Å². The number of allylic oxidation sites excluding steroid dienone is 1. The molecule has 0 saturated heterocycles. The zero-order chi connectivity index (χ0) is 16.1. The Morgan fingerprint density at radius 3 is 2.43 bits per heavy atom.